The number of hydrogen-bond donors (Lipinski definition) is 0. The van der Waals surface area contributed by atoms with Gasteiger partial charge in [-0.25, -0.2) is 32.2 Å². The van der Waals surface area contributed by atoms with E-state index in [0.29, 0.717) is 42.8 Å². The van der Waals surface area contributed by atoms with Crippen LogP contribution in [0.3, 0.4) is 0 Å². The van der Waals surface area contributed by atoms with Crippen molar-refractivity contribution in [1.29, 1.82) is 0 Å². The smallest absolute Gasteiger partial charge is 0.210 e. The normalized spacial score (nSPS) is 15.8. The summed E-state index contributed by atoms with van der Waals surface area (Å²) in [5.74, 6) is -3.94. The van der Waals surface area contributed by atoms with Crippen molar-refractivity contribution in [2.45, 2.75) is 32.2 Å². The van der Waals surface area contributed by atoms with E-state index in [1.807, 2.05) is 13.1 Å². The monoisotopic (exact) mass is 483 g/mol. The summed E-state index contributed by atoms with van der Waals surface area (Å²) in [6.07, 6.45) is 5.72. The zero-order chi connectivity index (χ0) is 24.7. The second-order valence-corrected chi connectivity index (χ2v) is 8.34. The van der Waals surface area contributed by atoms with E-state index in [1.54, 1.807) is 29.1 Å². The van der Waals surface area contributed by atoms with E-state index >= 15 is 4.39 Å². The van der Waals surface area contributed by atoms with Gasteiger partial charge in [0, 0.05) is 36.4 Å². The van der Waals surface area contributed by atoms with Crippen LogP contribution in [0.25, 0.3) is 17.6 Å². The van der Waals surface area contributed by atoms with E-state index in [2.05, 4.69) is 15.1 Å². The molecule has 5 rings (SSSR count). The van der Waals surface area contributed by atoms with Crippen molar-refractivity contribution in [1.82, 2.24) is 24.3 Å². The second kappa shape index (κ2) is 9.01. The Hall–Kier alpha value is -3.95. The second-order valence-electron chi connectivity index (χ2n) is 8.34. The average Bonchev–Trinajstić information content (AvgIpc) is 3.45. The molecule has 0 radical (unpaired) electrons. The van der Waals surface area contributed by atoms with Gasteiger partial charge in [-0.2, -0.15) is 0 Å². The van der Waals surface area contributed by atoms with Gasteiger partial charge in [0.05, 0.1) is 24.8 Å². The number of halogens is 4. The molecular formula is C25H21F4N5O. The van der Waals surface area contributed by atoms with Gasteiger partial charge in [0.1, 0.15) is 29.0 Å². The largest absolute Gasteiger partial charge is 0.495 e. The number of aryl methyl sites for hydroxylation is 2. The average molecular weight is 483 g/mol. The van der Waals surface area contributed by atoms with Crippen LogP contribution in [-0.4, -0.2) is 31.4 Å². The lowest BCUT2D eigenvalue weighted by molar-refractivity contribution is 0.413. The summed E-state index contributed by atoms with van der Waals surface area (Å²) in [5.41, 5.74) is 1.81. The summed E-state index contributed by atoms with van der Waals surface area (Å²) in [7, 11) is 1.52. The van der Waals surface area contributed by atoms with Crippen molar-refractivity contribution in [3.63, 3.8) is 0 Å². The number of benzene rings is 2. The molecule has 1 aliphatic rings. The Morgan fingerprint density at radius 3 is 2.60 bits per heavy atom. The fourth-order valence-electron chi connectivity index (χ4n) is 4.37. The van der Waals surface area contributed by atoms with Gasteiger partial charge >= 0.3 is 0 Å². The molecule has 2 aromatic carbocycles. The molecule has 180 valence electrons. The molecule has 2 aromatic heterocycles. The molecule has 6 nitrogen and oxygen atoms in total. The van der Waals surface area contributed by atoms with Crippen molar-refractivity contribution in [2.24, 2.45) is 0 Å². The molecule has 1 aliphatic heterocycles. The molecule has 0 saturated heterocycles. The zero-order valence-electron chi connectivity index (χ0n) is 19.0. The zero-order valence-corrected chi connectivity index (χ0v) is 19.0. The van der Waals surface area contributed by atoms with Crippen LogP contribution in [0.5, 0.6) is 5.75 Å². The highest BCUT2D eigenvalue weighted by molar-refractivity contribution is 5.75. The maximum absolute atomic E-state index is 15.2. The number of ether oxygens (including phenoxy) is 1. The summed E-state index contributed by atoms with van der Waals surface area (Å²) in [4.78, 5) is 8.46. The standard InChI is InChI=1S/C25H21F4N5O/c1-14-12-33(13-30-14)21-6-5-15(9-22(21)35-2)8-20(29)24-31-25-17(4-3-7-34(25)32-24)23-18(27)10-16(26)11-19(23)28/h5-6,8-13,17H,3-4,7H2,1-2H3/b20-8-. The Morgan fingerprint density at radius 1 is 1.14 bits per heavy atom. The Labute approximate surface area is 198 Å². The third-order valence-electron chi connectivity index (χ3n) is 5.97. The highest BCUT2D eigenvalue weighted by Crippen LogP contribution is 2.36. The van der Waals surface area contributed by atoms with Gasteiger partial charge in [-0.3, -0.25) is 0 Å². The summed E-state index contributed by atoms with van der Waals surface area (Å²) in [5, 5.41) is 4.21. The Balaban J connectivity index is 1.48. The van der Waals surface area contributed by atoms with Gasteiger partial charge in [0.15, 0.2) is 5.83 Å². The highest BCUT2D eigenvalue weighted by atomic mass is 19.1. The first-order valence-corrected chi connectivity index (χ1v) is 11.0. The van der Waals surface area contributed by atoms with Crippen LogP contribution in [0.2, 0.25) is 0 Å². The summed E-state index contributed by atoms with van der Waals surface area (Å²) in [6, 6.07) is 6.44. The maximum atomic E-state index is 15.2. The molecule has 0 saturated carbocycles. The van der Waals surface area contributed by atoms with Crippen LogP contribution < -0.4 is 4.74 Å². The molecule has 0 spiro atoms. The lowest BCUT2D eigenvalue weighted by atomic mass is 9.90. The fraction of sp³-hybridized carbons (Fsp3) is 0.240. The molecule has 0 fully saturated rings. The van der Waals surface area contributed by atoms with Gasteiger partial charge in [-0.1, -0.05) is 6.07 Å². The number of rotatable bonds is 5. The number of methoxy groups -OCH3 is 1. The number of hydrogen-bond acceptors (Lipinski definition) is 4. The van der Waals surface area contributed by atoms with Crippen molar-refractivity contribution in [3.8, 4) is 11.4 Å². The molecule has 0 amide bonds. The molecule has 3 heterocycles. The maximum Gasteiger partial charge on any atom is 0.210 e. The lowest BCUT2D eigenvalue weighted by Gasteiger charge is -2.23. The predicted octanol–water partition coefficient (Wildman–Crippen LogP) is 5.59. The molecule has 10 heteroatoms. The van der Waals surface area contributed by atoms with E-state index in [9.17, 15) is 13.2 Å². The van der Waals surface area contributed by atoms with Gasteiger partial charge in [0.25, 0.3) is 0 Å². The van der Waals surface area contributed by atoms with Gasteiger partial charge in [-0.15, -0.1) is 5.10 Å². The van der Waals surface area contributed by atoms with Crippen LogP contribution in [0.15, 0.2) is 42.9 Å². The first kappa shape index (κ1) is 22.8. The van der Waals surface area contributed by atoms with Crippen LogP contribution >= 0.6 is 0 Å². The topological polar surface area (TPSA) is 57.8 Å². The number of nitrogens with zero attached hydrogens (tertiary/aromatic N) is 5. The van der Waals surface area contributed by atoms with Gasteiger partial charge in [-0.05, 0) is 43.5 Å². The Morgan fingerprint density at radius 2 is 1.91 bits per heavy atom. The first-order valence-electron chi connectivity index (χ1n) is 11.0. The summed E-state index contributed by atoms with van der Waals surface area (Å²) < 4.78 is 66.1. The molecule has 35 heavy (non-hydrogen) atoms. The molecule has 1 unspecified atom stereocenters. The molecule has 0 N–H and O–H groups in total. The fourth-order valence-corrected chi connectivity index (χ4v) is 4.37. The van der Waals surface area contributed by atoms with Gasteiger partial charge in [0.2, 0.25) is 5.82 Å². The molecule has 0 bridgehead atoms. The van der Waals surface area contributed by atoms with E-state index in [-0.39, 0.29) is 17.2 Å². The number of imidazole rings is 1. The van der Waals surface area contributed by atoms with Crippen molar-refractivity contribution in [3.05, 3.63) is 88.8 Å². The van der Waals surface area contributed by atoms with Crippen molar-refractivity contribution >= 4 is 11.9 Å². The lowest BCUT2D eigenvalue weighted by Crippen LogP contribution is -2.20. The van der Waals surface area contributed by atoms with E-state index in [1.165, 1.54) is 17.9 Å². The van der Waals surface area contributed by atoms with Crippen molar-refractivity contribution in [2.75, 3.05) is 7.11 Å². The Bertz CT molecular complexity index is 1420. The van der Waals surface area contributed by atoms with Crippen LogP contribution in [0.4, 0.5) is 17.6 Å². The number of aromatic nitrogens is 5. The van der Waals surface area contributed by atoms with Crippen LogP contribution in [0, 0.1) is 24.4 Å². The van der Waals surface area contributed by atoms with E-state index in [0.717, 1.165) is 11.4 Å². The summed E-state index contributed by atoms with van der Waals surface area (Å²) in [6.45, 7) is 2.31. The van der Waals surface area contributed by atoms with Crippen LogP contribution in [0.1, 0.15) is 47.2 Å². The Kier molecular flexibility index (Phi) is 5.88. The van der Waals surface area contributed by atoms with Gasteiger partial charge < -0.3 is 9.30 Å². The van der Waals surface area contributed by atoms with Crippen LogP contribution in [-0.2, 0) is 6.54 Å². The minimum Gasteiger partial charge on any atom is -0.495 e. The highest BCUT2D eigenvalue weighted by Gasteiger charge is 2.31. The first-order chi connectivity index (χ1) is 16.8. The van der Waals surface area contributed by atoms with Crippen molar-refractivity contribution < 1.29 is 22.3 Å². The molecule has 1 atom stereocenters. The quantitative estimate of drug-likeness (QED) is 0.347. The van der Waals surface area contributed by atoms with E-state index in [4.69, 9.17) is 4.74 Å². The molecule has 4 aromatic rings. The molecule has 0 aliphatic carbocycles. The third kappa shape index (κ3) is 4.31. The predicted molar refractivity (Wildman–Crippen MR) is 121 cm³/mol. The minimum atomic E-state index is -1.000. The van der Waals surface area contributed by atoms with E-state index < -0.39 is 29.2 Å². The SMILES string of the molecule is COc1cc(/C=C(\F)c2nc3n(n2)CCCC3c2c(F)cc(F)cc2F)ccc1-n1cnc(C)c1. The number of fused-ring (bicyclic) bond motifs is 1. The summed E-state index contributed by atoms with van der Waals surface area (Å²) >= 11 is 0. The molecular weight excluding hydrogens is 462 g/mol. The minimum absolute atomic E-state index is 0.192. The third-order valence-corrected chi connectivity index (χ3v) is 5.97.